The van der Waals surface area contributed by atoms with Crippen LogP contribution in [0.4, 0.5) is 11.6 Å². The summed E-state index contributed by atoms with van der Waals surface area (Å²) in [6.45, 7) is 5.78. The summed E-state index contributed by atoms with van der Waals surface area (Å²) >= 11 is 0. The molecule has 0 unspecified atom stereocenters. The Balaban J connectivity index is 1.28. The predicted molar refractivity (Wildman–Crippen MR) is 139 cm³/mol. The lowest BCUT2D eigenvalue weighted by Gasteiger charge is -2.34. The van der Waals surface area contributed by atoms with E-state index in [0.717, 1.165) is 55.1 Å². The molecule has 0 saturated carbocycles. The van der Waals surface area contributed by atoms with Crippen molar-refractivity contribution in [2.75, 3.05) is 37.8 Å². The van der Waals surface area contributed by atoms with E-state index in [2.05, 4.69) is 27.3 Å². The van der Waals surface area contributed by atoms with E-state index in [9.17, 15) is 13.2 Å². The molecule has 0 spiro atoms. The van der Waals surface area contributed by atoms with Gasteiger partial charge in [-0.25, -0.2) is 13.4 Å². The second-order valence-electron chi connectivity index (χ2n) is 9.03. The number of hydrogen-bond donors (Lipinski definition) is 1. The minimum absolute atomic E-state index is 0.141. The highest BCUT2D eigenvalue weighted by Gasteiger charge is 2.18. The van der Waals surface area contributed by atoms with E-state index in [1.807, 2.05) is 33.9 Å². The lowest BCUT2D eigenvalue weighted by atomic mass is 10.2. The topological polar surface area (TPSA) is 100 Å². The Morgan fingerprint density at radius 2 is 1.67 bits per heavy atom. The van der Waals surface area contributed by atoms with Gasteiger partial charge in [0.05, 0.1) is 4.90 Å². The van der Waals surface area contributed by atoms with E-state index < -0.39 is 9.84 Å². The number of carbonyl (C=O) groups is 1. The van der Waals surface area contributed by atoms with Gasteiger partial charge in [-0.05, 0) is 48.0 Å². The lowest BCUT2D eigenvalue weighted by Crippen LogP contribution is -2.47. The number of benzene rings is 2. The van der Waals surface area contributed by atoms with Crippen molar-refractivity contribution < 1.29 is 13.2 Å². The van der Waals surface area contributed by atoms with Crippen LogP contribution in [0.15, 0.2) is 71.9 Å². The van der Waals surface area contributed by atoms with Crippen LogP contribution in [0.25, 0.3) is 16.7 Å². The van der Waals surface area contributed by atoms with Gasteiger partial charge in [0.1, 0.15) is 5.65 Å². The molecule has 2 aromatic heterocycles. The average molecular weight is 505 g/mol. The summed E-state index contributed by atoms with van der Waals surface area (Å²) in [5.41, 5.74) is 3.63. The molecule has 36 heavy (non-hydrogen) atoms. The number of amides is 1. The number of aromatic nitrogens is 3. The van der Waals surface area contributed by atoms with Crippen LogP contribution in [0.5, 0.6) is 0 Å². The Labute approximate surface area is 210 Å². The van der Waals surface area contributed by atoms with E-state index in [4.69, 9.17) is 4.98 Å². The van der Waals surface area contributed by atoms with Gasteiger partial charge < -0.3 is 14.8 Å². The monoisotopic (exact) mass is 504 g/mol. The van der Waals surface area contributed by atoms with Gasteiger partial charge in [-0.3, -0.25) is 9.69 Å². The number of piperazine rings is 1. The van der Waals surface area contributed by atoms with Crippen molar-refractivity contribution in [2.24, 2.45) is 0 Å². The van der Waals surface area contributed by atoms with Crippen molar-refractivity contribution in [1.29, 1.82) is 0 Å². The van der Waals surface area contributed by atoms with Crippen molar-refractivity contribution in [3.8, 4) is 5.69 Å². The van der Waals surface area contributed by atoms with Gasteiger partial charge in [0.2, 0.25) is 11.9 Å². The van der Waals surface area contributed by atoms with Gasteiger partial charge in [-0.1, -0.05) is 12.1 Å². The number of rotatable bonds is 6. The smallest absolute Gasteiger partial charge is 0.229 e. The zero-order chi connectivity index (χ0) is 25.3. The number of hydrogen-bond acceptors (Lipinski definition) is 7. The molecule has 1 aliphatic heterocycles. The van der Waals surface area contributed by atoms with Crippen LogP contribution in [0, 0.1) is 0 Å². The van der Waals surface area contributed by atoms with Gasteiger partial charge in [-0.2, -0.15) is 4.98 Å². The molecular weight excluding hydrogens is 476 g/mol. The molecule has 3 heterocycles. The molecule has 5 rings (SSSR count). The summed E-state index contributed by atoms with van der Waals surface area (Å²) in [4.78, 5) is 25.2. The lowest BCUT2D eigenvalue weighted by molar-refractivity contribution is -0.130. The van der Waals surface area contributed by atoms with Crippen LogP contribution in [-0.4, -0.2) is 71.1 Å². The molecule has 0 atom stereocenters. The minimum Gasteiger partial charge on any atom is -0.340 e. The molecular formula is C26H28N6O3S. The summed E-state index contributed by atoms with van der Waals surface area (Å²) in [6.07, 6.45) is 4.85. The Hall–Kier alpha value is -3.76. The third kappa shape index (κ3) is 5.24. The third-order valence-corrected chi connectivity index (χ3v) is 7.53. The summed E-state index contributed by atoms with van der Waals surface area (Å²) in [5, 5.41) is 4.15. The predicted octanol–water partition coefficient (Wildman–Crippen LogP) is 3.23. The third-order valence-electron chi connectivity index (χ3n) is 6.40. The van der Waals surface area contributed by atoms with Crippen LogP contribution < -0.4 is 5.32 Å². The average Bonchev–Trinajstić information content (AvgIpc) is 3.28. The molecule has 4 aromatic rings. The highest BCUT2D eigenvalue weighted by molar-refractivity contribution is 7.90. The highest BCUT2D eigenvalue weighted by atomic mass is 32.2. The van der Waals surface area contributed by atoms with Crippen molar-refractivity contribution in [3.63, 3.8) is 0 Å². The standard InChI is InChI=1S/C26H28N6O3S/c1-19(33)31-15-13-30(14-16-31)18-20-3-5-22(6-4-20)28-26-27-17-21-11-12-32(25(21)29-26)23-7-9-24(10-8-23)36(2,34)35/h3-12,17H,13-16,18H2,1-2H3,(H,27,28,29). The Morgan fingerprint density at radius 3 is 2.31 bits per heavy atom. The molecule has 1 fully saturated rings. The number of nitrogens with one attached hydrogen (secondary N) is 1. The van der Waals surface area contributed by atoms with E-state index in [1.54, 1.807) is 37.4 Å². The van der Waals surface area contributed by atoms with Gasteiger partial charge in [0, 0.05) is 75.1 Å². The Morgan fingerprint density at radius 1 is 0.972 bits per heavy atom. The van der Waals surface area contributed by atoms with Crippen molar-refractivity contribution in [1.82, 2.24) is 24.3 Å². The SMILES string of the molecule is CC(=O)N1CCN(Cc2ccc(Nc3ncc4ccn(-c5ccc(S(C)(=O)=O)cc5)c4n3)cc2)CC1. The molecule has 2 aromatic carbocycles. The number of anilines is 2. The quantitative estimate of drug-likeness (QED) is 0.430. The molecule has 0 radical (unpaired) electrons. The molecule has 9 nitrogen and oxygen atoms in total. The molecule has 0 aliphatic carbocycles. The van der Waals surface area contributed by atoms with Crippen LogP contribution in [0.3, 0.4) is 0 Å². The molecule has 1 saturated heterocycles. The van der Waals surface area contributed by atoms with Crippen LogP contribution in [0.1, 0.15) is 12.5 Å². The summed E-state index contributed by atoms with van der Waals surface area (Å²) < 4.78 is 25.4. The minimum atomic E-state index is -3.25. The maximum absolute atomic E-state index is 11.8. The van der Waals surface area contributed by atoms with Crippen LogP contribution in [-0.2, 0) is 21.2 Å². The number of carbonyl (C=O) groups excluding carboxylic acids is 1. The molecule has 10 heteroatoms. The maximum atomic E-state index is 11.8. The first-order valence-electron chi connectivity index (χ1n) is 11.7. The van der Waals surface area contributed by atoms with Crippen LogP contribution >= 0.6 is 0 Å². The van der Waals surface area contributed by atoms with Gasteiger partial charge in [0.15, 0.2) is 9.84 Å². The second kappa shape index (κ2) is 9.71. The van der Waals surface area contributed by atoms with Crippen LogP contribution in [0.2, 0.25) is 0 Å². The number of nitrogens with zero attached hydrogens (tertiary/aromatic N) is 5. The zero-order valence-corrected chi connectivity index (χ0v) is 21.1. The Bertz CT molecular complexity index is 1490. The molecule has 1 amide bonds. The summed E-state index contributed by atoms with van der Waals surface area (Å²) in [7, 11) is -3.25. The number of fused-ring (bicyclic) bond motifs is 1. The van der Waals surface area contributed by atoms with Crippen molar-refractivity contribution in [2.45, 2.75) is 18.4 Å². The van der Waals surface area contributed by atoms with E-state index in [-0.39, 0.29) is 10.8 Å². The van der Waals surface area contributed by atoms with Gasteiger partial charge in [-0.15, -0.1) is 0 Å². The van der Waals surface area contributed by atoms with Crippen molar-refractivity contribution in [3.05, 3.63) is 72.6 Å². The zero-order valence-electron chi connectivity index (χ0n) is 20.3. The van der Waals surface area contributed by atoms with Gasteiger partial charge >= 0.3 is 0 Å². The highest BCUT2D eigenvalue weighted by Crippen LogP contribution is 2.22. The molecule has 0 bridgehead atoms. The first kappa shape index (κ1) is 24.0. The van der Waals surface area contributed by atoms with E-state index in [1.165, 1.54) is 11.8 Å². The first-order valence-corrected chi connectivity index (χ1v) is 13.6. The molecule has 1 N–H and O–H groups in total. The summed E-state index contributed by atoms with van der Waals surface area (Å²) in [6, 6.07) is 16.9. The molecule has 1 aliphatic rings. The largest absolute Gasteiger partial charge is 0.340 e. The first-order chi connectivity index (χ1) is 17.3. The van der Waals surface area contributed by atoms with E-state index in [0.29, 0.717) is 5.95 Å². The fourth-order valence-electron chi connectivity index (χ4n) is 4.34. The second-order valence-corrected chi connectivity index (χ2v) is 11.0. The van der Waals surface area contributed by atoms with E-state index >= 15 is 0 Å². The maximum Gasteiger partial charge on any atom is 0.229 e. The van der Waals surface area contributed by atoms with Crippen molar-refractivity contribution >= 4 is 38.4 Å². The number of sulfone groups is 1. The Kier molecular flexibility index (Phi) is 6.46. The fourth-order valence-corrected chi connectivity index (χ4v) is 4.97. The molecule has 186 valence electrons. The normalized spacial score (nSPS) is 14.8. The van der Waals surface area contributed by atoms with Gasteiger partial charge in [0.25, 0.3) is 0 Å². The summed E-state index contributed by atoms with van der Waals surface area (Å²) in [5.74, 6) is 0.617. The fraction of sp³-hybridized carbons (Fsp3) is 0.269.